The molecular formula is C15H20ClN3O2. The van der Waals surface area contributed by atoms with Gasteiger partial charge < -0.3 is 14.6 Å². The SMILES string of the molecule is CC(CNC(=O)OC(C)(C)C)n1ccc2ccc(Cl)nc21. The van der Waals surface area contributed by atoms with Crippen LogP contribution < -0.4 is 5.32 Å². The largest absolute Gasteiger partial charge is 0.444 e. The topological polar surface area (TPSA) is 56.1 Å². The van der Waals surface area contributed by atoms with Gasteiger partial charge in [0, 0.05) is 24.2 Å². The van der Waals surface area contributed by atoms with Gasteiger partial charge in [-0.2, -0.15) is 0 Å². The van der Waals surface area contributed by atoms with Gasteiger partial charge in [0.2, 0.25) is 0 Å². The fourth-order valence-corrected chi connectivity index (χ4v) is 2.15. The van der Waals surface area contributed by atoms with E-state index in [-0.39, 0.29) is 6.04 Å². The summed E-state index contributed by atoms with van der Waals surface area (Å²) in [6.45, 7) is 7.95. The van der Waals surface area contributed by atoms with Crippen molar-refractivity contribution in [3.63, 3.8) is 0 Å². The van der Waals surface area contributed by atoms with Gasteiger partial charge in [0.15, 0.2) is 0 Å². The van der Waals surface area contributed by atoms with Crippen molar-refractivity contribution in [3.8, 4) is 0 Å². The average molecular weight is 310 g/mol. The number of pyridine rings is 1. The van der Waals surface area contributed by atoms with E-state index < -0.39 is 11.7 Å². The number of nitrogens with one attached hydrogen (secondary N) is 1. The van der Waals surface area contributed by atoms with Crippen LogP contribution in [0, 0.1) is 0 Å². The second kappa shape index (κ2) is 5.93. The highest BCUT2D eigenvalue weighted by atomic mass is 35.5. The van der Waals surface area contributed by atoms with Crippen molar-refractivity contribution < 1.29 is 9.53 Å². The standard InChI is InChI=1S/C15H20ClN3O2/c1-10(9-17-14(20)21-15(2,3)4)19-8-7-11-5-6-12(16)18-13(11)19/h5-8,10H,9H2,1-4H3,(H,17,20). The molecule has 0 radical (unpaired) electrons. The molecule has 2 rings (SSSR count). The normalized spacial score (nSPS) is 13.2. The van der Waals surface area contributed by atoms with Crippen molar-refractivity contribution in [1.29, 1.82) is 0 Å². The molecule has 0 aromatic carbocycles. The van der Waals surface area contributed by atoms with Crippen molar-refractivity contribution >= 4 is 28.7 Å². The molecule has 0 aliphatic rings. The summed E-state index contributed by atoms with van der Waals surface area (Å²) in [6, 6.07) is 5.70. The zero-order valence-corrected chi connectivity index (χ0v) is 13.4. The molecule has 2 heterocycles. The van der Waals surface area contributed by atoms with Crippen LogP contribution in [0.2, 0.25) is 5.15 Å². The molecule has 21 heavy (non-hydrogen) atoms. The van der Waals surface area contributed by atoms with E-state index in [1.807, 2.05) is 50.6 Å². The maximum Gasteiger partial charge on any atom is 0.407 e. The Hall–Kier alpha value is -1.75. The zero-order chi connectivity index (χ0) is 15.6. The second-order valence-electron chi connectivity index (χ2n) is 6.00. The van der Waals surface area contributed by atoms with E-state index in [4.69, 9.17) is 16.3 Å². The molecule has 1 N–H and O–H groups in total. The van der Waals surface area contributed by atoms with E-state index in [0.29, 0.717) is 11.7 Å². The van der Waals surface area contributed by atoms with Gasteiger partial charge in [-0.05, 0) is 45.9 Å². The van der Waals surface area contributed by atoms with Gasteiger partial charge >= 0.3 is 6.09 Å². The number of halogens is 1. The van der Waals surface area contributed by atoms with Crippen molar-refractivity contribution in [2.24, 2.45) is 0 Å². The number of aromatic nitrogens is 2. The molecule has 0 bridgehead atoms. The smallest absolute Gasteiger partial charge is 0.407 e. The summed E-state index contributed by atoms with van der Waals surface area (Å²) in [5.74, 6) is 0. The predicted molar refractivity (Wildman–Crippen MR) is 83.7 cm³/mol. The lowest BCUT2D eigenvalue weighted by Gasteiger charge is -2.21. The first-order chi connectivity index (χ1) is 9.76. The maximum absolute atomic E-state index is 11.7. The molecule has 2 aromatic rings. The van der Waals surface area contributed by atoms with Gasteiger partial charge in [0.05, 0.1) is 0 Å². The first-order valence-electron chi connectivity index (χ1n) is 6.86. The average Bonchev–Trinajstić information content (AvgIpc) is 2.76. The van der Waals surface area contributed by atoms with E-state index in [2.05, 4.69) is 10.3 Å². The highest BCUT2D eigenvalue weighted by Crippen LogP contribution is 2.20. The molecule has 114 valence electrons. The van der Waals surface area contributed by atoms with Crippen LogP contribution in [0.3, 0.4) is 0 Å². The van der Waals surface area contributed by atoms with Crippen molar-refractivity contribution in [1.82, 2.24) is 14.9 Å². The number of carbonyl (C=O) groups excluding carboxylic acids is 1. The molecule has 0 fully saturated rings. The highest BCUT2D eigenvalue weighted by molar-refractivity contribution is 6.29. The van der Waals surface area contributed by atoms with Crippen LogP contribution in [-0.4, -0.2) is 27.8 Å². The fourth-order valence-electron chi connectivity index (χ4n) is 2.00. The summed E-state index contributed by atoms with van der Waals surface area (Å²) in [6.07, 6.45) is 1.52. The van der Waals surface area contributed by atoms with Crippen molar-refractivity contribution in [2.75, 3.05) is 6.54 Å². The summed E-state index contributed by atoms with van der Waals surface area (Å²) in [4.78, 5) is 16.0. The number of amides is 1. The summed E-state index contributed by atoms with van der Waals surface area (Å²) in [5, 5.41) is 4.23. The predicted octanol–water partition coefficient (Wildman–Crippen LogP) is 3.78. The Bertz CT molecular complexity index is 646. The zero-order valence-electron chi connectivity index (χ0n) is 12.7. The maximum atomic E-state index is 11.7. The molecule has 0 saturated carbocycles. The molecule has 1 atom stereocenters. The number of rotatable bonds is 3. The molecule has 0 aliphatic carbocycles. The van der Waals surface area contributed by atoms with Crippen LogP contribution in [0.25, 0.3) is 11.0 Å². The minimum Gasteiger partial charge on any atom is -0.444 e. The number of fused-ring (bicyclic) bond motifs is 1. The van der Waals surface area contributed by atoms with Crippen LogP contribution in [0.5, 0.6) is 0 Å². The molecule has 1 amide bonds. The number of hydrogen-bond acceptors (Lipinski definition) is 3. The quantitative estimate of drug-likeness (QED) is 0.878. The monoisotopic (exact) mass is 309 g/mol. The Morgan fingerprint density at radius 2 is 2.14 bits per heavy atom. The van der Waals surface area contributed by atoms with Gasteiger partial charge in [-0.25, -0.2) is 9.78 Å². The van der Waals surface area contributed by atoms with Crippen LogP contribution in [0.4, 0.5) is 4.79 Å². The Morgan fingerprint density at radius 3 is 2.81 bits per heavy atom. The third-order valence-corrected chi connectivity index (χ3v) is 3.16. The van der Waals surface area contributed by atoms with Crippen LogP contribution >= 0.6 is 11.6 Å². The van der Waals surface area contributed by atoms with Gasteiger partial charge in [0.1, 0.15) is 16.4 Å². The molecule has 5 nitrogen and oxygen atoms in total. The third kappa shape index (κ3) is 4.11. The molecule has 0 aliphatic heterocycles. The van der Waals surface area contributed by atoms with Gasteiger partial charge in [-0.1, -0.05) is 11.6 Å². The van der Waals surface area contributed by atoms with Gasteiger partial charge in [0.25, 0.3) is 0 Å². The Morgan fingerprint density at radius 1 is 1.43 bits per heavy atom. The first-order valence-corrected chi connectivity index (χ1v) is 7.24. The molecule has 0 spiro atoms. The minimum absolute atomic E-state index is 0.0426. The Labute approximate surface area is 129 Å². The number of carbonyl (C=O) groups is 1. The van der Waals surface area contributed by atoms with E-state index in [0.717, 1.165) is 11.0 Å². The van der Waals surface area contributed by atoms with Crippen LogP contribution in [0.1, 0.15) is 33.7 Å². The van der Waals surface area contributed by atoms with E-state index >= 15 is 0 Å². The Balaban J connectivity index is 2.04. The highest BCUT2D eigenvalue weighted by Gasteiger charge is 2.17. The van der Waals surface area contributed by atoms with Crippen molar-refractivity contribution in [2.45, 2.75) is 39.3 Å². The molecule has 0 saturated heterocycles. The molecule has 1 unspecified atom stereocenters. The summed E-state index contributed by atoms with van der Waals surface area (Å²) < 4.78 is 7.20. The molecule has 6 heteroatoms. The molecular weight excluding hydrogens is 290 g/mol. The van der Waals surface area contributed by atoms with Gasteiger partial charge in [-0.15, -0.1) is 0 Å². The molecule has 2 aromatic heterocycles. The fraction of sp³-hybridized carbons (Fsp3) is 0.467. The lowest BCUT2D eigenvalue weighted by atomic mass is 10.2. The number of ether oxygens (including phenoxy) is 1. The van der Waals surface area contributed by atoms with E-state index in [1.54, 1.807) is 6.07 Å². The number of alkyl carbamates (subject to hydrolysis) is 1. The van der Waals surface area contributed by atoms with E-state index in [9.17, 15) is 4.79 Å². The van der Waals surface area contributed by atoms with Crippen molar-refractivity contribution in [3.05, 3.63) is 29.5 Å². The number of nitrogens with zero attached hydrogens (tertiary/aromatic N) is 2. The third-order valence-electron chi connectivity index (χ3n) is 2.95. The lowest BCUT2D eigenvalue weighted by Crippen LogP contribution is -2.35. The first kappa shape index (κ1) is 15.6. The summed E-state index contributed by atoms with van der Waals surface area (Å²) >= 11 is 5.94. The lowest BCUT2D eigenvalue weighted by molar-refractivity contribution is 0.0521. The van der Waals surface area contributed by atoms with Crippen LogP contribution in [0.15, 0.2) is 24.4 Å². The summed E-state index contributed by atoms with van der Waals surface area (Å²) in [7, 11) is 0. The van der Waals surface area contributed by atoms with E-state index in [1.165, 1.54) is 0 Å². The Kier molecular flexibility index (Phi) is 4.42. The summed E-state index contributed by atoms with van der Waals surface area (Å²) in [5.41, 5.74) is 0.309. The van der Waals surface area contributed by atoms with Crippen LogP contribution in [-0.2, 0) is 4.74 Å². The second-order valence-corrected chi connectivity index (χ2v) is 6.39. The van der Waals surface area contributed by atoms with Gasteiger partial charge in [-0.3, -0.25) is 0 Å². The number of hydrogen-bond donors (Lipinski definition) is 1. The minimum atomic E-state index is -0.497.